The van der Waals surface area contributed by atoms with Gasteiger partial charge in [-0.3, -0.25) is 4.79 Å². The third-order valence-electron chi connectivity index (χ3n) is 1.78. The van der Waals surface area contributed by atoms with Crippen LogP contribution in [0.1, 0.15) is 20.3 Å². The van der Waals surface area contributed by atoms with Crippen molar-refractivity contribution in [2.24, 2.45) is 0 Å². The van der Waals surface area contributed by atoms with E-state index in [0.29, 0.717) is 5.02 Å². The molecule has 0 amide bonds. The Bertz CT molecular complexity index is 346. The van der Waals surface area contributed by atoms with E-state index in [4.69, 9.17) is 16.7 Å². The lowest BCUT2D eigenvalue weighted by Crippen LogP contribution is -2.19. The molecule has 15 heavy (non-hydrogen) atoms. The Balaban J connectivity index is 2.68. The predicted molar refractivity (Wildman–Crippen MR) is 63.6 cm³/mol. The monoisotopic (exact) mass is 244 g/mol. The molecule has 0 spiro atoms. The average molecular weight is 245 g/mol. The Morgan fingerprint density at radius 3 is 2.40 bits per heavy atom. The second kappa shape index (κ2) is 4.90. The quantitative estimate of drug-likeness (QED) is 0.821. The minimum atomic E-state index is -0.776. The normalized spacial score (nSPS) is 11.4. The van der Waals surface area contributed by atoms with Crippen LogP contribution < -0.4 is 0 Å². The van der Waals surface area contributed by atoms with Crippen molar-refractivity contribution in [3.8, 4) is 0 Å². The van der Waals surface area contributed by atoms with Crippen LogP contribution in [0.3, 0.4) is 0 Å². The van der Waals surface area contributed by atoms with Crippen LogP contribution in [-0.4, -0.2) is 15.8 Å². The van der Waals surface area contributed by atoms with Crippen LogP contribution in [0.25, 0.3) is 0 Å². The number of rotatable bonds is 4. The van der Waals surface area contributed by atoms with Crippen molar-refractivity contribution in [3.05, 3.63) is 29.3 Å². The van der Waals surface area contributed by atoms with Gasteiger partial charge in [0.05, 0.1) is 6.42 Å². The summed E-state index contributed by atoms with van der Waals surface area (Å²) in [6, 6.07) is 7.41. The van der Waals surface area contributed by atoms with E-state index in [2.05, 4.69) is 0 Å². The molecule has 0 bridgehead atoms. The van der Waals surface area contributed by atoms with E-state index in [-0.39, 0.29) is 11.2 Å². The maximum absolute atomic E-state index is 10.6. The van der Waals surface area contributed by atoms with Crippen molar-refractivity contribution >= 4 is 29.3 Å². The fourth-order valence-corrected chi connectivity index (χ4v) is 2.45. The lowest BCUT2D eigenvalue weighted by molar-refractivity contribution is -0.137. The summed E-state index contributed by atoms with van der Waals surface area (Å²) in [4.78, 5) is 11.7. The SMILES string of the molecule is CC(C)(CC(=O)O)Sc1ccc(Cl)cc1. The molecule has 82 valence electrons. The largest absolute Gasteiger partial charge is 0.481 e. The standard InChI is InChI=1S/C11H13ClO2S/c1-11(2,7-10(13)14)15-9-5-3-8(12)4-6-9/h3-6H,7H2,1-2H3,(H,13,14). The summed E-state index contributed by atoms with van der Waals surface area (Å²) in [5.74, 6) is -0.776. The number of carbonyl (C=O) groups is 1. The first-order valence-electron chi connectivity index (χ1n) is 4.55. The molecule has 0 atom stereocenters. The van der Waals surface area contributed by atoms with Crippen molar-refractivity contribution < 1.29 is 9.90 Å². The van der Waals surface area contributed by atoms with E-state index in [1.807, 2.05) is 26.0 Å². The van der Waals surface area contributed by atoms with Crippen LogP contribution in [0.4, 0.5) is 0 Å². The summed E-state index contributed by atoms with van der Waals surface area (Å²) in [5, 5.41) is 9.43. The smallest absolute Gasteiger partial charge is 0.304 e. The molecule has 1 aromatic carbocycles. The molecule has 2 nitrogen and oxygen atoms in total. The topological polar surface area (TPSA) is 37.3 Å². The van der Waals surface area contributed by atoms with Gasteiger partial charge in [0.1, 0.15) is 0 Å². The maximum atomic E-state index is 10.6. The van der Waals surface area contributed by atoms with Crippen molar-refractivity contribution in [3.63, 3.8) is 0 Å². The number of hydrogen-bond donors (Lipinski definition) is 1. The van der Waals surface area contributed by atoms with Gasteiger partial charge in [-0.25, -0.2) is 0 Å². The highest BCUT2D eigenvalue weighted by Crippen LogP contribution is 2.35. The van der Waals surface area contributed by atoms with E-state index in [0.717, 1.165) is 4.90 Å². The molecular formula is C11H13ClO2S. The molecule has 0 heterocycles. The molecule has 1 N–H and O–H groups in total. The van der Waals surface area contributed by atoms with Crippen molar-refractivity contribution in [2.45, 2.75) is 29.9 Å². The van der Waals surface area contributed by atoms with E-state index in [9.17, 15) is 4.79 Å². The van der Waals surface area contributed by atoms with Gasteiger partial charge in [-0.2, -0.15) is 0 Å². The Morgan fingerprint density at radius 1 is 1.40 bits per heavy atom. The summed E-state index contributed by atoms with van der Waals surface area (Å²) in [7, 11) is 0. The Morgan fingerprint density at radius 2 is 1.93 bits per heavy atom. The summed E-state index contributed by atoms with van der Waals surface area (Å²) < 4.78 is -0.306. The number of aliphatic carboxylic acids is 1. The zero-order chi connectivity index (χ0) is 11.5. The van der Waals surface area contributed by atoms with Crippen LogP contribution in [0.15, 0.2) is 29.2 Å². The highest BCUT2D eigenvalue weighted by atomic mass is 35.5. The number of thioether (sulfide) groups is 1. The first-order chi connectivity index (χ1) is 6.89. The highest BCUT2D eigenvalue weighted by Gasteiger charge is 2.22. The van der Waals surface area contributed by atoms with Gasteiger partial charge < -0.3 is 5.11 Å². The van der Waals surface area contributed by atoms with E-state index in [1.165, 1.54) is 0 Å². The van der Waals surface area contributed by atoms with E-state index in [1.54, 1.807) is 23.9 Å². The molecule has 0 radical (unpaired) electrons. The maximum Gasteiger partial charge on any atom is 0.304 e. The van der Waals surface area contributed by atoms with Gasteiger partial charge in [0.2, 0.25) is 0 Å². The van der Waals surface area contributed by atoms with Crippen LogP contribution in [0.5, 0.6) is 0 Å². The van der Waals surface area contributed by atoms with Gasteiger partial charge in [-0.05, 0) is 38.1 Å². The summed E-state index contributed by atoms with van der Waals surface area (Å²) in [6.45, 7) is 3.83. The molecule has 0 unspecified atom stereocenters. The Kier molecular flexibility index (Phi) is 4.05. The lowest BCUT2D eigenvalue weighted by atomic mass is 10.1. The van der Waals surface area contributed by atoms with Crippen LogP contribution in [0, 0.1) is 0 Å². The molecule has 0 saturated heterocycles. The van der Waals surface area contributed by atoms with Gasteiger partial charge >= 0.3 is 5.97 Å². The number of halogens is 1. The predicted octanol–water partition coefficient (Wildman–Crippen LogP) is 3.69. The van der Waals surface area contributed by atoms with Gasteiger partial charge in [-0.1, -0.05) is 11.6 Å². The molecule has 0 aliphatic rings. The van der Waals surface area contributed by atoms with Crippen molar-refractivity contribution in [2.75, 3.05) is 0 Å². The fraction of sp³-hybridized carbons (Fsp3) is 0.364. The third-order valence-corrected chi connectivity index (χ3v) is 3.24. The molecule has 0 fully saturated rings. The molecule has 0 aromatic heterocycles. The Hall–Kier alpha value is -0.670. The minimum Gasteiger partial charge on any atom is -0.481 e. The molecular weight excluding hydrogens is 232 g/mol. The highest BCUT2D eigenvalue weighted by molar-refractivity contribution is 8.00. The van der Waals surface area contributed by atoms with Gasteiger partial charge in [0.25, 0.3) is 0 Å². The lowest BCUT2D eigenvalue weighted by Gasteiger charge is -2.21. The summed E-state index contributed by atoms with van der Waals surface area (Å²) >= 11 is 7.31. The molecule has 4 heteroatoms. The van der Waals surface area contributed by atoms with E-state index < -0.39 is 5.97 Å². The second-order valence-corrected chi connectivity index (χ2v) is 6.10. The summed E-state index contributed by atoms with van der Waals surface area (Å²) in [6.07, 6.45) is 0.139. The number of benzene rings is 1. The van der Waals surface area contributed by atoms with Crippen molar-refractivity contribution in [1.29, 1.82) is 0 Å². The van der Waals surface area contributed by atoms with Crippen LogP contribution >= 0.6 is 23.4 Å². The van der Waals surface area contributed by atoms with E-state index >= 15 is 0 Å². The van der Waals surface area contributed by atoms with Crippen molar-refractivity contribution in [1.82, 2.24) is 0 Å². The molecule has 1 rings (SSSR count). The van der Waals surface area contributed by atoms with Gasteiger partial charge in [0, 0.05) is 14.7 Å². The minimum absolute atomic E-state index is 0.139. The number of carboxylic acid groups (broad SMARTS) is 1. The first-order valence-corrected chi connectivity index (χ1v) is 5.75. The summed E-state index contributed by atoms with van der Waals surface area (Å²) in [5.41, 5.74) is 0. The first kappa shape index (κ1) is 12.4. The second-order valence-electron chi connectivity index (χ2n) is 3.89. The molecule has 0 saturated carbocycles. The average Bonchev–Trinajstić information content (AvgIpc) is 2.06. The molecule has 0 aliphatic carbocycles. The zero-order valence-corrected chi connectivity index (χ0v) is 10.2. The number of hydrogen-bond acceptors (Lipinski definition) is 2. The van der Waals surface area contributed by atoms with Gasteiger partial charge in [0.15, 0.2) is 0 Å². The Labute approximate surface area is 98.6 Å². The zero-order valence-electron chi connectivity index (χ0n) is 8.66. The van der Waals surface area contributed by atoms with Crippen LogP contribution in [-0.2, 0) is 4.79 Å². The molecule has 1 aromatic rings. The fourth-order valence-electron chi connectivity index (χ4n) is 1.22. The molecule has 0 aliphatic heterocycles. The number of carboxylic acids is 1. The third kappa shape index (κ3) is 4.58. The van der Waals surface area contributed by atoms with Gasteiger partial charge in [-0.15, -0.1) is 11.8 Å². The van der Waals surface area contributed by atoms with Crippen LogP contribution in [0.2, 0.25) is 5.02 Å².